The molecule has 1 fully saturated rings. The number of rotatable bonds is 4. The highest BCUT2D eigenvalue weighted by atomic mass is 16.5. The molecule has 30 heavy (non-hydrogen) atoms. The minimum absolute atomic E-state index is 0.0738. The third-order valence-corrected chi connectivity index (χ3v) is 5.64. The number of ether oxygens (including phenoxy) is 2. The zero-order valence-electron chi connectivity index (χ0n) is 17.0. The molecule has 7 heteroatoms. The molecule has 2 aromatic carbocycles. The molecule has 1 saturated heterocycles. The lowest BCUT2D eigenvalue weighted by atomic mass is 10.1. The highest BCUT2D eigenvalue weighted by Crippen LogP contribution is 2.32. The molecule has 0 radical (unpaired) electrons. The molecule has 7 nitrogen and oxygen atoms in total. The summed E-state index contributed by atoms with van der Waals surface area (Å²) in [5.41, 5.74) is 3.71. The average molecular weight is 404 g/mol. The molecule has 0 aliphatic carbocycles. The largest absolute Gasteiger partial charge is 0.465 e. The maximum atomic E-state index is 13.1. The Morgan fingerprint density at radius 2 is 1.77 bits per heavy atom. The van der Waals surface area contributed by atoms with E-state index in [0.717, 1.165) is 23.1 Å². The molecule has 5 rings (SSSR count). The molecule has 3 aromatic rings. The van der Waals surface area contributed by atoms with Crippen molar-refractivity contribution in [1.29, 1.82) is 0 Å². The SMILES string of the molecule is C[C@@H]1Cc2ccccc2N1C(=O)COc1nc2ccccc2nc1N1CCOCC1. The van der Waals surface area contributed by atoms with E-state index in [2.05, 4.69) is 22.9 Å². The van der Waals surface area contributed by atoms with Crippen molar-refractivity contribution in [3.8, 4) is 5.88 Å². The van der Waals surface area contributed by atoms with E-state index >= 15 is 0 Å². The van der Waals surface area contributed by atoms with E-state index in [1.54, 1.807) is 0 Å². The number of hydrogen-bond acceptors (Lipinski definition) is 6. The van der Waals surface area contributed by atoms with Crippen LogP contribution in [0.25, 0.3) is 11.0 Å². The zero-order valence-corrected chi connectivity index (χ0v) is 17.0. The van der Waals surface area contributed by atoms with Crippen molar-refractivity contribution in [2.45, 2.75) is 19.4 Å². The Balaban J connectivity index is 1.41. The third-order valence-electron chi connectivity index (χ3n) is 5.64. The normalized spacial score (nSPS) is 18.5. The molecule has 1 atom stereocenters. The van der Waals surface area contributed by atoms with Crippen LogP contribution in [0.3, 0.4) is 0 Å². The number of hydrogen-bond donors (Lipinski definition) is 0. The number of benzene rings is 2. The van der Waals surface area contributed by atoms with Crippen molar-refractivity contribution < 1.29 is 14.3 Å². The predicted octanol–water partition coefficient (Wildman–Crippen LogP) is 2.82. The van der Waals surface area contributed by atoms with E-state index in [4.69, 9.17) is 14.5 Å². The summed E-state index contributed by atoms with van der Waals surface area (Å²) in [6.45, 7) is 4.68. The fourth-order valence-corrected chi connectivity index (χ4v) is 4.20. The quantitative estimate of drug-likeness (QED) is 0.666. The van der Waals surface area contributed by atoms with Crippen molar-refractivity contribution in [3.63, 3.8) is 0 Å². The van der Waals surface area contributed by atoms with Crippen molar-refractivity contribution >= 4 is 28.4 Å². The van der Waals surface area contributed by atoms with Crippen molar-refractivity contribution in [2.24, 2.45) is 0 Å². The average Bonchev–Trinajstić information content (AvgIpc) is 3.13. The van der Waals surface area contributed by atoms with Gasteiger partial charge >= 0.3 is 0 Å². The zero-order chi connectivity index (χ0) is 20.5. The smallest absolute Gasteiger partial charge is 0.265 e. The van der Waals surface area contributed by atoms with Gasteiger partial charge in [0.2, 0.25) is 0 Å². The van der Waals surface area contributed by atoms with Gasteiger partial charge in [-0.05, 0) is 37.1 Å². The number of amides is 1. The second-order valence-electron chi connectivity index (χ2n) is 7.67. The Kier molecular flexibility index (Phi) is 4.96. The molecule has 2 aliphatic heterocycles. The Hall–Kier alpha value is -3.19. The maximum absolute atomic E-state index is 13.1. The molecule has 0 unspecified atom stereocenters. The first-order valence-corrected chi connectivity index (χ1v) is 10.3. The molecular formula is C23H24N4O3. The Bertz CT molecular complexity index is 1080. The maximum Gasteiger partial charge on any atom is 0.265 e. The number of fused-ring (bicyclic) bond motifs is 2. The van der Waals surface area contributed by atoms with E-state index in [1.807, 2.05) is 47.4 Å². The Morgan fingerprint density at radius 1 is 1.07 bits per heavy atom. The predicted molar refractivity (Wildman–Crippen MR) is 115 cm³/mol. The molecule has 0 bridgehead atoms. The topological polar surface area (TPSA) is 67.8 Å². The number of morpholine rings is 1. The lowest BCUT2D eigenvalue weighted by Gasteiger charge is -2.29. The van der Waals surface area contributed by atoms with Gasteiger partial charge in [0.05, 0.1) is 24.2 Å². The Morgan fingerprint density at radius 3 is 2.57 bits per heavy atom. The summed E-state index contributed by atoms with van der Waals surface area (Å²) in [5.74, 6) is 0.985. The summed E-state index contributed by atoms with van der Waals surface area (Å²) in [6.07, 6.45) is 0.858. The first-order chi connectivity index (χ1) is 14.7. The molecule has 1 amide bonds. The number of nitrogens with zero attached hydrogens (tertiary/aromatic N) is 4. The third kappa shape index (κ3) is 3.45. The number of carbonyl (C=O) groups is 1. The summed E-state index contributed by atoms with van der Waals surface area (Å²) in [5, 5.41) is 0. The van der Waals surface area contributed by atoms with E-state index in [1.165, 1.54) is 5.56 Å². The highest BCUT2D eigenvalue weighted by Gasteiger charge is 2.31. The van der Waals surface area contributed by atoms with Gasteiger partial charge in [-0.1, -0.05) is 30.3 Å². The summed E-state index contributed by atoms with van der Waals surface area (Å²) >= 11 is 0. The van der Waals surface area contributed by atoms with Gasteiger partial charge in [0.1, 0.15) is 0 Å². The van der Waals surface area contributed by atoms with Crippen LogP contribution < -0.4 is 14.5 Å². The van der Waals surface area contributed by atoms with E-state index < -0.39 is 0 Å². The van der Waals surface area contributed by atoms with E-state index in [0.29, 0.717) is 38.0 Å². The van der Waals surface area contributed by atoms with Gasteiger partial charge in [-0.15, -0.1) is 0 Å². The van der Waals surface area contributed by atoms with Gasteiger partial charge in [-0.2, -0.15) is 0 Å². The minimum atomic E-state index is -0.0803. The van der Waals surface area contributed by atoms with Crippen LogP contribution >= 0.6 is 0 Å². The van der Waals surface area contributed by atoms with E-state index in [9.17, 15) is 4.79 Å². The molecule has 1 aromatic heterocycles. The van der Waals surface area contributed by atoms with Gasteiger partial charge in [0.15, 0.2) is 12.4 Å². The summed E-state index contributed by atoms with van der Waals surface area (Å²) in [7, 11) is 0. The molecular weight excluding hydrogens is 380 g/mol. The fourth-order valence-electron chi connectivity index (χ4n) is 4.20. The first-order valence-electron chi connectivity index (χ1n) is 10.3. The van der Waals surface area contributed by atoms with Crippen LogP contribution in [0.15, 0.2) is 48.5 Å². The second-order valence-corrected chi connectivity index (χ2v) is 7.67. The number of para-hydroxylation sites is 3. The van der Waals surface area contributed by atoms with Crippen LogP contribution in [0.4, 0.5) is 11.5 Å². The number of anilines is 2. The van der Waals surface area contributed by atoms with Crippen LogP contribution in [-0.2, 0) is 16.0 Å². The van der Waals surface area contributed by atoms with Crippen LogP contribution in [0.5, 0.6) is 5.88 Å². The molecule has 2 aliphatic rings. The monoisotopic (exact) mass is 404 g/mol. The Labute approximate surface area is 175 Å². The summed E-state index contributed by atoms with van der Waals surface area (Å²) in [6, 6.07) is 15.8. The minimum Gasteiger partial charge on any atom is -0.465 e. The van der Waals surface area contributed by atoms with Crippen molar-refractivity contribution in [2.75, 3.05) is 42.7 Å². The molecule has 0 N–H and O–H groups in total. The summed E-state index contributed by atoms with van der Waals surface area (Å²) in [4.78, 5) is 26.5. The van der Waals surface area contributed by atoms with Crippen LogP contribution in [0.2, 0.25) is 0 Å². The van der Waals surface area contributed by atoms with Gasteiger partial charge in [-0.3, -0.25) is 4.79 Å². The number of aromatic nitrogens is 2. The molecule has 0 spiro atoms. The number of carbonyl (C=O) groups excluding carboxylic acids is 1. The van der Waals surface area contributed by atoms with E-state index in [-0.39, 0.29) is 18.6 Å². The first kappa shape index (κ1) is 18.8. The second kappa shape index (κ2) is 7.91. The lowest BCUT2D eigenvalue weighted by molar-refractivity contribution is -0.120. The summed E-state index contributed by atoms with van der Waals surface area (Å²) < 4.78 is 11.5. The fraction of sp³-hybridized carbons (Fsp3) is 0.348. The lowest BCUT2D eigenvalue weighted by Crippen LogP contribution is -2.40. The standard InChI is InChI=1S/C23H24N4O3/c1-16-14-17-6-2-5-9-20(17)27(16)21(28)15-30-23-22(26-10-12-29-13-11-26)24-18-7-3-4-8-19(18)25-23/h2-9,16H,10-15H2,1H3/t16-/m1/s1. The van der Waals surface area contributed by atoms with Gasteiger partial charge < -0.3 is 19.3 Å². The highest BCUT2D eigenvalue weighted by molar-refractivity contribution is 5.97. The van der Waals surface area contributed by atoms with Crippen LogP contribution in [-0.4, -0.2) is 54.8 Å². The van der Waals surface area contributed by atoms with Crippen molar-refractivity contribution in [1.82, 2.24) is 9.97 Å². The molecule has 154 valence electrons. The van der Waals surface area contributed by atoms with Gasteiger partial charge in [0, 0.05) is 24.8 Å². The van der Waals surface area contributed by atoms with Crippen molar-refractivity contribution in [3.05, 3.63) is 54.1 Å². The van der Waals surface area contributed by atoms with Gasteiger partial charge in [-0.25, -0.2) is 9.97 Å². The molecule has 0 saturated carbocycles. The van der Waals surface area contributed by atoms with Crippen LogP contribution in [0.1, 0.15) is 12.5 Å². The molecule has 3 heterocycles. The van der Waals surface area contributed by atoms with Crippen LogP contribution in [0, 0.1) is 0 Å². The van der Waals surface area contributed by atoms with Gasteiger partial charge in [0.25, 0.3) is 11.8 Å².